The predicted octanol–water partition coefficient (Wildman–Crippen LogP) is 5.67. The molecule has 0 aliphatic carbocycles. The van der Waals surface area contributed by atoms with Gasteiger partial charge in [0, 0.05) is 18.3 Å². The first-order valence-corrected chi connectivity index (χ1v) is 9.06. The highest BCUT2D eigenvalue weighted by Crippen LogP contribution is 2.20. The summed E-state index contributed by atoms with van der Waals surface area (Å²) in [6.07, 6.45) is 1.02. The summed E-state index contributed by atoms with van der Waals surface area (Å²) in [4.78, 5) is 0. The second kappa shape index (κ2) is 9.52. The maximum atomic E-state index is 5.88. The Morgan fingerprint density at radius 3 is 2.31 bits per heavy atom. The van der Waals surface area contributed by atoms with E-state index < -0.39 is 0 Å². The van der Waals surface area contributed by atoms with Crippen molar-refractivity contribution in [1.29, 1.82) is 0 Å². The van der Waals surface area contributed by atoms with E-state index in [0.29, 0.717) is 6.61 Å². The van der Waals surface area contributed by atoms with Crippen LogP contribution in [0.2, 0.25) is 0 Å². The molecule has 3 aromatic carbocycles. The van der Waals surface area contributed by atoms with Gasteiger partial charge in [0.15, 0.2) is 0 Å². The zero-order valence-electron chi connectivity index (χ0n) is 15.2. The van der Waals surface area contributed by atoms with E-state index in [9.17, 15) is 0 Å². The summed E-state index contributed by atoms with van der Waals surface area (Å²) in [5, 5.41) is 3.44. The standard InChI is InChI=1S/C23H25NO2/c1-2-15-25-22-13-11-19(12-14-22)17-24-21-9-6-10-23(16-21)26-18-20-7-4-3-5-8-20/h3-14,16,24H,2,15,17-18H2,1H3. The van der Waals surface area contributed by atoms with Crippen LogP contribution < -0.4 is 14.8 Å². The maximum Gasteiger partial charge on any atom is 0.121 e. The van der Waals surface area contributed by atoms with Crippen molar-refractivity contribution in [2.45, 2.75) is 26.5 Å². The molecule has 0 unspecified atom stereocenters. The molecule has 3 heteroatoms. The first kappa shape index (κ1) is 17.9. The average Bonchev–Trinajstić information content (AvgIpc) is 2.71. The van der Waals surface area contributed by atoms with Gasteiger partial charge in [-0.1, -0.05) is 55.5 Å². The van der Waals surface area contributed by atoms with Crippen LogP contribution in [0.1, 0.15) is 24.5 Å². The Morgan fingerprint density at radius 1 is 0.731 bits per heavy atom. The van der Waals surface area contributed by atoms with Gasteiger partial charge in [0.05, 0.1) is 6.61 Å². The summed E-state index contributed by atoms with van der Waals surface area (Å²) in [7, 11) is 0. The summed E-state index contributed by atoms with van der Waals surface area (Å²) in [6.45, 7) is 4.20. The van der Waals surface area contributed by atoms with E-state index in [1.54, 1.807) is 0 Å². The van der Waals surface area contributed by atoms with E-state index >= 15 is 0 Å². The van der Waals surface area contributed by atoms with E-state index in [0.717, 1.165) is 42.3 Å². The molecule has 3 aromatic rings. The second-order valence-electron chi connectivity index (χ2n) is 6.15. The van der Waals surface area contributed by atoms with Crippen LogP contribution in [-0.2, 0) is 13.2 Å². The molecule has 0 atom stereocenters. The zero-order chi connectivity index (χ0) is 18.0. The minimum absolute atomic E-state index is 0.573. The Hall–Kier alpha value is -2.94. The van der Waals surface area contributed by atoms with Crippen molar-refractivity contribution in [3.8, 4) is 11.5 Å². The highest BCUT2D eigenvalue weighted by molar-refractivity contribution is 5.48. The van der Waals surface area contributed by atoms with Gasteiger partial charge in [0.1, 0.15) is 18.1 Å². The van der Waals surface area contributed by atoms with Crippen molar-refractivity contribution < 1.29 is 9.47 Å². The molecular formula is C23H25NO2. The molecule has 134 valence electrons. The minimum Gasteiger partial charge on any atom is -0.494 e. The van der Waals surface area contributed by atoms with E-state index in [1.807, 2.05) is 54.6 Å². The lowest BCUT2D eigenvalue weighted by Gasteiger charge is -2.11. The van der Waals surface area contributed by atoms with Crippen LogP contribution in [-0.4, -0.2) is 6.61 Å². The number of ether oxygens (including phenoxy) is 2. The molecule has 0 amide bonds. The van der Waals surface area contributed by atoms with Gasteiger partial charge in [-0.05, 0) is 41.8 Å². The summed E-state index contributed by atoms with van der Waals surface area (Å²) in [6, 6.07) is 26.5. The fraction of sp³-hybridized carbons (Fsp3) is 0.217. The molecule has 0 bridgehead atoms. The van der Waals surface area contributed by atoms with Gasteiger partial charge in [-0.3, -0.25) is 0 Å². The summed E-state index contributed by atoms with van der Waals surface area (Å²) < 4.78 is 11.5. The van der Waals surface area contributed by atoms with Crippen molar-refractivity contribution in [3.63, 3.8) is 0 Å². The van der Waals surface area contributed by atoms with Gasteiger partial charge in [0.2, 0.25) is 0 Å². The number of anilines is 1. The molecule has 26 heavy (non-hydrogen) atoms. The van der Waals surface area contributed by atoms with Crippen LogP contribution in [0.3, 0.4) is 0 Å². The van der Waals surface area contributed by atoms with E-state index in [2.05, 4.69) is 36.5 Å². The fourth-order valence-electron chi connectivity index (χ4n) is 2.56. The molecule has 0 aromatic heterocycles. The molecule has 0 aliphatic heterocycles. The van der Waals surface area contributed by atoms with Crippen LogP contribution in [0.25, 0.3) is 0 Å². The summed E-state index contributed by atoms with van der Waals surface area (Å²) >= 11 is 0. The first-order chi connectivity index (χ1) is 12.8. The van der Waals surface area contributed by atoms with Crippen LogP contribution in [0.4, 0.5) is 5.69 Å². The zero-order valence-corrected chi connectivity index (χ0v) is 15.2. The lowest BCUT2D eigenvalue weighted by atomic mass is 10.2. The van der Waals surface area contributed by atoms with Gasteiger partial charge >= 0.3 is 0 Å². The molecule has 0 radical (unpaired) electrons. The van der Waals surface area contributed by atoms with Crippen LogP contribution in [0, 0.1) is 0 Å². The number of hydrogen-bond acceptors (Lipinski definition) is 3. The molecule has 0 fully saturated rings. The molecule has 0 saturated carbocycles. The Bertz CT molecular complexity index is 785. The van der Waals surface area contributed by atoms with Gasteiger partial charge < -0.3 is 14.8 Å². The van der Waals surface area contributed by atoms with Crippen molar-refractivity contribution in [1.82, 2.24) is 0 Å². The molecule has 1 N–H and O–H groups in total. The highest BCUT2D eigenvalue weighted by Gasteiger charge is 2.00. The Morgan fingerprint density at radius 2 is 1.54 bits per heavy atom. The molecule has 0 aliphatic rings. The third-order valence-electron chi connectivity index (χ3n) is 3.98. The van der Waals surface area contributed by atoms with E-state index in [4.69, 9.17) is 9.47 Å². The first-order valence-electron chi connectivity index (χ1n) is 9.06. The highest BCUT2D eigenvalue weighted by atomic mass is 16.5. The van der Waals surface area contributed by atoms with Crippen molar-refractivity contribution in [3.05, 3.63) is 90.0 Å². The van der Waals surface area contributed by atoms with Gasteiger partial charge in [0.25, 0.3) is 0 Å². The van der Waals surface area contributed by atoms with Crippen LogP contribution in [0.5, 0.6) is 11.5 Å². The Labute approximate surface area is 155 Å². The second-order valence-corrected chi connectivity index (χ2v) is 6.15. The van der Waals surface area contributed by atoms with Crippen LogP contribution >= 0.6 is 0 Å². The molecule has 0 spiro atoms. The topological polar surface area (TPSA) is 30.5 Å². The average molecular weight is 347 g/mol. The minimum atomic E-state index is 0.573. The predicted molar refractivity (Wildman–Crippen MR) is 107 cm³/mol. The number of hydrogen-bond donors (Lipinski definition) is 1. The normalized spacial score (nSPS) is 10.3. The lowest BCUT2D eigenvalue weighted by Crippen LogP contribution is -2.01. The third kappa shape index (κ3) is 5.55. The number of nitrogens with one attached hydrogen (secondary N) is 1. The van der Waals surface area contributed by atoms with E-state index in [-0.39, 0.29) is 0 Å². The number of benzene rings is 3. The molecule has 0 saturated heterocycles. The van der Waals surface area contributed by atoms with Crippen molar-refractivity contribution in [2.75, 3.05) is 11.9 Å². The molecular weight excluding hydrogens is 322 g/mol. The van der Waals surface area contributed by atoms with Gasteiger partial charge in [-0.25, -0.2) is 0 Å². The van der Waals surface area contributed by atoms with Gasteiger partial charge in [-0.2, -0.15) is 0 Å². The maximum absolute atomic E-state index is 5.88. The quantitative estimate of drug-likeness (QED) is 0.541. The fourth-order valence-corrected chi connectivity index (χ4v) is 2.56. The molecule has 3 rings (SSSR count). The number of rotatable bonds is 9. The molecule has 0 heterocycles. The SMILES string of the molecule is CCCOc1ccc(CNc2cccc(OCc3ccccc3)c2)cc1. The Balaban J connectivity index is 1.52. The van der Waals surface area contributed by atoms with Crippen LogP contribution in [0.15, 0.2) is 78.9 Å². The van der Waals surface area contributed by atoms with Crippen molar-refractivity contribution in [2.24, 2.45) is 0 Å². The van der Waals surface area contributed by atoms with Crippen molar-refractivity contribution >= 4 is 5.69 Å². The summed E-state index contributed by atoms with van der Waals surface area (Å²) in [5.74, 6) is 1.79. The van der Waals surface area contributed by atoms with Gasteiger partial charge in [-0.15, -0.1) is 0 Å². The summed E-state index contributed by atoms with van der Waals surface area (Å²) in [5.41, 5.74) is 3.42. The monoisotopic (exact) mass is 347 g/mol. The lowest BCUT2D eigenvalue weighted by molar-refractivity contribution is 0.306. The van der Waals surface area contributed by atoms with E-state index in [1.165, 1.54) is 5.56 Å². The molecule has 3 nitrogen and oxygen atoms in total. The largest absolute Gasteiger partial charge is 0.494 e. The Kier molecular flexibility index (Phi) is 6.54. The third-order valence-corrected chi connectivity index (χ3v) is 3.98. The smallest absolute Gasteiger partial charge is 0.121 e.